The highest BCUT2D eigenvalue weighted by molar-refractivity contribution is 7.80. The molecule has 0 spiro atoms. The second-order valence-electron chi connectivity index (χ2n) is 6.42. The number of esters is 1. The Morgan fingerprint density at radius 3 is 2.71 bits per heavy atom. The molecule has 0 unspecified atom stereocenters. The molecule has 1 amide bonds. The van der Waals surface area contributed by atoms with Crippen molar-refractivity contribution in [2.45, 2.75) is 6.61 Å². The van der Waals surface area contributed by atoms with Gasteiger partial charge in [0.2, 0.25) is 0 Å². The summed E-state index contributed by atoms with van der Waals surface area (Å²) in [5, 5.41) is 12.1. The smallest absolute Gasteiger partial charge is 0.325 e. The van der Waals surface area contributed by atoms with E-state index in [0.717, 1.165) is 10.5 Å². The fourth-order valence-electron chi connectivity index (χ4n) is 2.88. The van der Waals surface area contributed by atoms with Crippen molar-refractivity contribution in [3.63, 3.8) is 0 Å². The third-order valence-corrected chi connectivity index (χ3v) is 4.82. The SMILES string of the molecule is COC(=O)CN1C(=O)/C(=C/c2ccc(OCc3ccccc3C#N)c(OC)c2)NC1=S. The molecule has 2 aromatic carbocycles. The van der Waals surface area contributed by atoms with Crippen molar-refractivity contribution in [3.8, 4) is 17.6 Å². The number of nitriles is 1. The molecule has 31 heavy (non-hydrogen) atoms. The summed E-state index contributed by atoms with van der Waals surface area (Å²) in [6.07, 6.45) is 1.60. The van der Waals surface area contributed by atoms with Gasteiger partial charge in [-0.25, -0.2) is 0 Å². The lowest BCUT2D eigenvalue weighted by Crippen LogP contribution is -2.35. The molecule has 1 saturated heterocycles. The minimum atomic E-state index is -0.570. The Balaban J connectivity index is 1.77. The number of nitrogens with one attached hydrogen (secondary N) is 1. The number of thiocarbonyl (C=S) groups is 1. The largest absolute Gasteiger partial charge is 0.493 e. The maximum absolute atomic E-state index is 12.5. The van der Waals surface area contributed by atoms with Gasteiger partial charge >= 0.3 is 5.97 Å². The van der Waals surface area contributed by atoms with E-state index in [9.17, 15) is 14.9 Å². The van der Waals surface area contributed by atoms with Gasteiger partial charge in [-0.15, -0.1) is 0 Å². The van der Waals surface area contributed by atoms with Crippen LogP contribution in [0.5, 0.6) is 11.5 Å². The maximum atomic E-state index is 12.5. The van der Waals surface area contributed by atoms with E-state index in [1.54, 1.807) is 36.4 Å². The van der Waals surface area contributed by atoms with Gasteiger partial charge in [0.05, 0.1) is 25.9 Å². The average Bonchev–Trinajstić information content (AvgIpc) is 3.05. The second kappa shape index (κ2) is 9.73. The first-order chi connectivity index (χ1) is 15.0. The Hall–Kier alpha value is -3.90. The molecule has 1 heterocycles. The van der Waals surface area contributed by atoms with Crippen LogP contribution in [-0.4, -0.2) is 42.7 Å². The van der Waals surface area contributed by atoms with Crippen LogP contribution < -0.4 is 14.8 Å². The number of methoxy groups -OCH3 is 2. The van der Waals surface area contributed by atoms with Crippen molar-refractivity contribution in [2.75, 3.05) is 20.8 Å². The van der Waals surface area contributed by atoms with Crippen LogP contribution in [0.4, 0.5) is 0 Å². The highest BCUT2D eigenvalue weighted by atomic mass is 32.1. The monoisotopic (exact) mass is 437 g/mol. The first-order valence-electron chi connectivity index (χ1n) is 9.17. The first-order valence-corrected chi connectivity index (χ1v) is 9.58. The lowest BCUT2D eigenvalue weighted by molar-refractivity contribution is -0.143. The topological polar surface area (TPSA) is 101 Å². The molecule has 8 nitrogen and oxygen atoms in total. The van der Waals surface area contributed by atoms with E-state index < -0.39 is 11.9 Å². The van der Waals surface area contributed by atoms with E-state index in [-0.39, 0.29) is 24.0 Å². The molecule has 0 atom stereocenters. The summed E-state index contributed by atoms with van der Waals surface area (Å²) in [5.41, 5.74) is 2.20. The van der Waals surface area contributed by atoms with Crippen molar-refractivity contribution >= 4 is 35.3 Å². The molecule has 1 aliphatic rings. The summed E-state index contributed by atoms with van der Waals surface area (Å²) in [6, 6.07) is 14.5. The predicted octanol–water partition coefficient (Wildman–Crippen LogP) is 2.38. The van der Waals surface area contributed by atoms with Crippen LogP contribution in [0.1, 0.15) is 16.7 Å². The molecule has 158 valence electrons. The first kappa shape index (κ1) is 21.8. The number of ether oxygens (including phenoxy) is 3. The Kier molecular flexibility index (Phi) is 6.85. The van der Waals surface area contributed by atoms with Gasteiger partial charge in [0, 0.05) is 5.56 Å². The summed E-state index contributed by atoms with van der Waals surface area (Å²) in [4.78, 5) is 25.1. The van der Waals surface area contributed by atoms with Gasteiger partial charge in [0.1, 0.15) is 18.8 Å². The summed E-state index contributed by atoms with van der Waals surface area (Å²) in [6.45, 7) is -0.0594. The number of benzene rings is 2. The minimum Gasteiger partial charge on any atom is -0.493 e. The van der Waals surface area contributed by atoms with Gasteiger partial charge in [-0.05, 0) is 42.1 Å². The maximum Gasteiger partial charge on any atom is 0.325 e. The van der Waals surface area contributed by atoms with Gasteiger partial charge < -0.3 is 19.5 Å². The molecule has 1 N–H and O–H groups in total. The van der Waals surface area contributed by atoms with E-state index >= 15 is 0 Å². The Bertz CT molecular complexity index is 1110. The normalized spacial score (nSPS) is 14.2. The van der Waals surface area contributed by atoms with E-state index in [2.05, 4.69) is 16.1 Å². The third kappa shape index (κ3) is 4.99. The van der Waals surface area contributed by atoms with Crippen LogP contribution in [0.15, 0.2) is 48.2 Å². The highest BCUT2D eigenvalue weighted by Crippen LogP contribution is 2.30. The zero-order valence-electron chi connectivity index (χ0n) is 16.9. The minimum absolute atomic E-state index is 0.129. The molecule has 0 radical (unpaired) electrons. The Labute approximate surface area is 184 Å². The predicted molar refractivity (Wildman–Crippen MR) is 116 cm³/mol. The fraction of sp³-hybridized carbons (Fsp3) is 0.182. The average molecular weight is 437 g/mol. The second-order valence-corrected chi connectivity index (χ2v) is 6.81. The van der Waals surface area contributed by atoms with Crippen LogP contribution >= 0.6 is 12.2 Å². The molecular weight excluding hydrogens is 418 g/mol. The fourth-order valence-corrected chi connectivity index (χ4v) is 3.14. The molecule has 9 heteroatoms. The molecular formula is C22H19N3O5S. The number of hydrogen-bond acceptors (Lipinski definition) is 7. The summed E-state index contributed by atoms with van der Waals surface area (Å²) >= 11 is 5.13. The van der Waals surface area contributed by atoms with E-state index in [0.29, 0.717) is 22.6 Å². The molecule has 0 aliphatic carbocycles. The van der Waals surface area contributed by atoms with Gasteiger partial charge in [-0.3, -0.25) is 14.5 Å². The molecule has 0 bridgehead atoms. The Morgan fingerprint density at radius 2 is 2.00 bits per heavy atom. The summed E-state index contributed by atoms with van der Waals surface area (Å²) < 4.78 is 15.8. The number of carbonyl (C=O) groups is 2. The van der Waals surface area contributed by atoms with Crippen LogP contribution in [0.25, 0.3) is 6.08 Å². The highest BCUT2D eigenvalue weighted by Gasteiger charge is 2.32. The number of amides is 1. The van der Waals surface area contributed by atoms with E-state index in [4.69, 9.17) is 21.7 Å². The van der Waals surface area contributed by atoms with Crippen molar-refractivity contribution in [3.05, 3.63) is 64.9 Å². The standard InChI is InChI=1S/C22H19N3O5S/c1-28-19-10-14(9-17-21(27)25(22(31)24-17)12-20(26)29-2)7-8-18(19)30-13-16-6-4-3-5-15(16)11-23/h3-10H,12-13H2,1-2H3,(H,24,31)/b17-9-. The van der Waals surface area contributed by atoms with Gasteiger partial charge in [-0.1, -0.05) is 24.3 Å². The summed E-state index contributed by atoms with van der Waals surface area (Å²) in [7, 11) is 2.75. The van der Waals surface area contributed by atoms with E-state index in [1.807, 2.05) is 12.1 Å². The molecule has 3 rings (SSSR count). The van der Waals surface area contributed by atoms with Crippen LogP contribution in [-0.2, 0) is 20.9 Å². The lowest BCUT2D eigenvalue weighted by Gasteiger charge is -2.12. The molecule has 2 aromatic rings. The third-order valence-electron chi connectivity index (χ3n) is 4.50. The van der Waals surface area contributed by atoms with Crippen molar-refractivity contribution in [1.29, 1.82) is 5.26 Å². The lowest BCUT2D eigenvalue weighted by atomic mass is 10.1. The number of nitrogens with zero attached hydrogens (tertiary/aromatic N) is 2. The quantitative estimate of drug-likeness (QED) is 0.400. The van der Waals surface area contributed by atoms with Crippen molar-refractivity contribution < 1.29 is 23.8 Å². The van der Waals surface area contributed by atoms with E-state index in [1.165, 1.54) is 14.2 Å². The van der Waals surface area contributed by atoms with Gasteiger partial charge in [0.25, 0.3) is 5.91 Å². The summed E-state index contributed by atoms with van der Waals surface area (Å²) in [5.74, 6) is -0.0446. The van der Waals surface area contributed by atoms with Crippen molar-refractivity contribution in [2.24, 2.45) is 0 Å². The molecule has 0 saturated carbocycles. The number of hydrogen-bond donors (Lipinski definition) is 1. The number of carbonyl (C=O) groups excluding carboxylic acids is 2. The zero-order valence-corrected chi connectivity index (χ0v) is 17.7. The van der Waals surface area contributed by atoms with Crippen LogP contribution in [0, 0.1) is 11.3 Å². The molecule has 0 aromatic heterocycles. The van der Waals surface area contributed by atoms with Gasteiger partial charge in [0.15, 0.2) is 16.6 Å². The molecule has 1 fully saturated rings. The number of rotatable bonds is 7. The van der Waals surface area contributed by atoms with Crippen LogP contribution in [0.3, 0.4) is 0 Å². The Morgan fingerprint density at radius 1 is 1.23 bits per heavy atom. The van der Waals surface area contributed by atoms with Gasteiger partial charge in [-0.2, -0.15) is 5.26 Å². The van der Waals surface area contributed by atoms with Crippen LogP contribution in [0.2, 0.25) is 0 Å². The molecule has 1 aliphatic heterocycles. The van der Waals surface area contributed by atoms with Crippen molar-refractivity contribution in [1.82, 2.24) is 10.2 Å². The zero-order chi connectivity index (χ0) is 22.4.